The number of hydrogen-bond donors (Lipinski definition) is 1. The van der Waals surface area contributed by atoms with Crippen LogP contribution in [0, 0.1) is 0 Å². The minimum absolute atomic E-state index is 0.265. The fraction of sp³-hybridized carbons (Fsp3) is 0.133. The second-order valence-electron chi connectivity index (χ2n) is 4.42. The third kappa shape index (κ3) is 3.41. The van der Waals surface area contributed by atoms with Gasteiger partial charge in [0.2, 0.25) is 0 Å². The summed E-state index contributed by atoms with van der Waals surface area (Å²) in [6.07, 6.45) is 5.65. The molecule has 0 aliphatic carbocycles. The van der Waals surface area contributed by atoms with Crippen LogP contribution in [0.1, 0.15) is 15.9 Å². The first-order valence-corrected chi connectivity index (χ1v) is 6.12. The SMILES string of the molecule is CN(N=Cc1cc[n+](C)cc1)c1ccc(C(=O)O)cc1. The van der Waals surface area contributed by atoms with E-state index in [1.165, 1.54) is 0 Å². The van der Waals surface area contributed by atoms with E-state index in [-0.39, 0.29) is 5.56 Å². The van der Waals surface area contributed by atoms with Crippen molar-refractivity contribution in [2.45, 2.75) is 0 Å². The summed E-state index contributed by atoms with van der Waals surface area (Å²) < 4.78 is 1.95. The minimum atomic E-state index is -0.931. The molecule has 2 aromatic rings. The number of pyridine rings is 1. The van der Waals surface area contributed by atoms with E-state index in [1.54, 1.807) is 35.5 Å². The summed E-state index contributed by atoms with van der Waals surface area (Å²) in [6, 6.07) is 10.5. The van der Waals surface area contributed by atoms with Crippen molar-refractivity contribution in [3.8, 4) is 0 Å². The number of nitrogens with zero attached hydrogens (tertiary/aromatic N) is 3. The van der Waals surface area contributed by atoms with Crippen LogP contribution in [0.25, 0.3) is 0 Å². The molecular weight excluding hydrogens is 254 g/mol. The second-order valence-corrected chi connectivity index (χ2v) is 4.42. The van der Waals surface area contributed by atoms with Crippen molar-refractivity contribution in [3.63, 3.8) is 0 Å². The van der Waals surface area contributed by atoms with Gasteiger partial charge in [0.1, 0.15) is 7.05 Å². The Hall–Kier alpha value is -2.69. The van der Waals surface area contributed by atoms with Crippen molar-refractivity contribution >= 4 is 17.9 Å². The lowest BCUT2D eigenvalue weighted by Gasteiger charge is -2.12. The molecule has 0 unspecified atom stereocenters. The maximum atomic E-state index is 10.8. The molecule has 1 N–H and O–H groups in total. The van der Waals surface area contributed by atoms with Crippen molar-refractivity contribution in [3.05, 3.63) is 59.9 Å². The van der Waals surface area contributed by atoms with Gasteiger partial charge in [-0.2, -0.15) is 5.10 Å². The number of benzene rings is 1. The number of hydrogen-bond acceptors (Lipinski definition) is 3. The highest BCUT2D eigenvalue weighted by atomic mass is 16.4. The van der Waals surface area contributed by atoms with Crippen molar-refractivity contribution in [1.29, 1.82) is 0 Å². The summed E-state index contributed by atoms with van der Waals surface area (Å²) in [5, 5.41) is 14.9. The monoisotopic (exact) mass is 270 g/mol. The lowest BCUT2D eigenvalue weighted by atomic mass is 10.2. The first kappa shape index (κ1) is 13.7. The quantitative estimate of drug-likeness (QED) is 0.522. The number of carboxylic acids is 1. The van der Waals surface area contributed by atoms with Crippen molar-refractivity contribution < 1.29 is 14.5 Å². The molecule has 1 aromatic heterocycles. The van der Waals surface area contributed by atoms with Gasteiger partial charge in [0.05, 0.1) is 17.5 Å². The van der Waals surface area contributed by atoms with Gasteiger partial charge in [0.15, 0.2) is 12.4 Å². The van der Waals surface area contributed by atoms with Crippen molar-refractivity contribution in [2.24, 2.45) is 12.1 Å². The van der Waals surface area contributed by atoms with E-state index < -0.39 is 5.97 Å². The van der Waals surface area contributed by atoms with Crippen LogP contribution in [0.2, 0.25) is 0 Å². The normalized spacial score (nSPS) is 10.7. The largest absolute Gasteiger partial charge is 0.478 e. The summed E-state index contributed by atoms with van der Waals surface area (Å²) >= 11 is 0. The lowest BCUT2D eigenvalue weighted by Crippen LogP contribution is -2.25. The average molecular weight is 270 g/mol. The second kappa shape index (κ2) is 5.97. The van der Waals surface area contributed by atoms with E-state index in [1.807, 2.05) is 43.2 Å². The van der Waals surface area contributed by atoms with Gasteiger partial charge < -0.3 is 5.11 Å². The third-order valence-corrected chi connectivity index (χ3v) is 2.87. The molecule has 20 heavy (non-hydrogen) atoms. The molecule has 5 nitrogen and oxygen atoms in total. The molecule has 0 aliphatic heterocycles. The zero-order valence-electron chi connectivity index (χ0n) is 11.4. The first-order valence-electron chi connectivity index (χ1n) is 6.12. The van der Waals surface area contributed by atoms with Gasteiger partial charge in [0.25, 0.3) is 0 Å². The van der Waals surface area contributed by atoms with E-state index in [2.05, 4.69) is 5.10 Å². The fourth-order valence-corrected chi connectivity index (χ4v) is 1.64. The number of hydrazone groups is 1. The van der Waals surface area contributed by atoms with Gasteiger partial charge in [-0.15, -0.1) is 0 Å². The van der Waals surface area contributed by atoms with E-state index in [0.29, 0.717) is 0 Å². The number of aromatic carboxylic acids is 1. The van der Waals surface area contributed by atoms with Gasteiger partial charge in [-0.3, -0.25) is 5.01 Å². The van der Waals surface area contributed by atoms with Crippen molar-refractivity contribution in [1.82, 2.24) is 0 Å². The summed E-state index contributed by atoms with van der Waals surface area (Å²) in [6.45, 7) is 0. The molecule has 0 spiro atoms. The highest BCUT2D eigenvalue weighted by molar-refractivity contribution is 5.88. The number of rotatable bonds is 4. The van der Waals surface area contributed by atoms with E-state index in [0.717, 1.165) is 11.3 Å². The molecule has 0 bridgehead atoms. The number of aromatic nitrogens is 1. The Bertz CT molecular complexity index is 619. The molecular formula is C15H16N3O2+. The van der Waals surface area contributed by atoms with Crippen LogP contribution >= 0.6 is 0 Å². The van der Waals surface area contributed by atoms with Gasteiger partial charge in [-0.05, 0) is 24.3 Å². The Morgan fingerprint density at radius 1 is 1.20 bits per heavy atom. The molecule has 1 aromatic carbocycles. The topological polar surface area (TPSA) is 56.8 Å². The van der Waals surface area contributed by atoms with Crippen LogP contribution in [-0.4, -0.2) is 24.3 Å². The predicted octanol–water partition coefficient (Wildman–Crippen LogP) is 1.68. The summed E-state index contributed by atoms with van der Waals surface area (Å²) in [5.74, 6) is -0.931. The summed E-state index contributed by atoms with van der Waals surface area (Å²) in [5.41, 5.74) is 2.09. The highest BCUT2D eigenvalue weighted by Gasteiger charge is 2.03. The van der Waals surface area contributed by atoms with Crippen molar-refractivity contribution in [2.75, 3.05) is 12.1 Å². The van der Waals surface area contributed by atoms with Crippen LogP contribution in [0.15, 0.2) is 53.9 Å². The number of anilines is 1. The lowest BCUT2D eigenvalue weighted by molar-refractivity contribution is -0.671. The Kier molecular flexibility index (Phi) is 4.10. The smallest absolute Gasteiger partial charge is 0.335 e. The molecule has 5 heteroatoms. The molecule has 0 fully saturated rings. The number of aryl methyl sites for hydroxylation is 1. The van der Waals surface area contributed by atoms with E-state index in [9.17, 15) is 4.79 Å². The molecule has 0 atom stereocenters. The summed E-state index contributed by atoms with van der Waals surface area (Å²) in [4.78, 5) is 10.8. The van der Waals surface area contributed by atoms with Crippen LogP contribution in [-0.2, 0) is 7.05 Å². The molecule has 0 saturated carbocycles. The molecule has 1 heterocycles. The molecule has 2 rings (SSSR count). The van der Waals surface area contributed by atoms with Gasteiger partial charge in [-0.25, -0.2) is 9.36 Å². The molecule has 0 radical (unpaired) electrons. The van der Waals surface area contributed by atoms with Gasteiger partial charge in [-0.1, -0.05) is 0 Å². The third-order valence-electron chi connectivity index (χ3n) is 2.87. The summed E-state index contributed by atoms with van der Waals surface area (Å²) in [7, 11) is 3.77. The molecule has 0 amide bonds. The molecule has 102 valence electrons. The van der Waals surface area contributed by atoms with Crippen LogP contribution < -0.4 is 9.58 Å². The van der Waals surface area contributed by atoms with Crippen LogP contribution in [0.5, 0.6) is 0 Å². The van der Waals surface area contributed by atoms with Crippen LogP contribution in [0.4, 0.5) is 5.69 Å². The zero-order valence-corrected chi connectivity index (χ0v) is 11.4. The highest BCUT2D eigenvalue weighted by Crippen LogP contribution is 2.14. The number of carbonyl (C=O) groups is 1. The standard InChI is InChI=1S/C15H15N3O2/c1-17-9-7-12(8-10-17)11-16-18(2)14-5-3-13(4-6-14)15(19)20/h3-11H,1-2H3/p+1. The molecule has 0 aliphatic rings. The fourth-order valence-electron chi connectivity index (χ4n) is 1.64. The average Bonchev–Trinajstić information content (AvgIpc) is 2.46. The maximum absolute atomic E-state index is 10.8. The Labute approximate surface area is 117 Å². The van der Waals surface area contributed by atoms with Gasteiger partial charge in [0, 0.05) is 24.7 Å². The first-order chi connectivity index (χ1) is 9.56. The predicted molar refractivity (Wildman–Crippen MR) is 77.0 cm³/mol. The maximum Gasteiger partial charge on any atom is 0.335 e. The van der Waals surface area contributed by atoms with E-state index >= 15 is 0 Å². The Balaban J connectivity index is 2.09. The minimum Gasteiger partial charge on any atom is -0.478 e. The number of carboxylic acid groups (broad SMARTS) is 1. The Morgan fingerprint density at radius 3 is 2.35 bits per heavy atom. The molecule has 0 saturated heterocycles. The van der Waals surface area contributed by atoms with Gasteiger partial charge >= 0.3 is 5.97 Å². The Morgan fingerprint density at radius 2 is 1.80 bits per heavy atom. The van der Waals surface area contributed by atoms with Crippen LogP contribution in [0.3, 0.4) is 0 Å². The van der Waals surface area contributed by atoms with E-state index in [4.69, 9.17) is 5.11 Å². The zero-order chi connectivity index (χ0) is 14.5.